The highest BCUT2D eigenvalue weighted by Crippen LogP contribution is 2.13. The van der Waals surface area contributed by atoms with Crippen molar-refractivity contribution in [1.82, 2.24) is 0 Å². The Morgan fingerprint density at radius 2 is 1.89 bits per heavy atom. The van der Waals surface area contributed by atoms with E-state index < -0.39 is 15.7 Å². The Morgan fingerprint density at radius 1 is 1.28 bits per heavy atom. The molecule has 0 spiro atoms. The number of methoxy groups -OCH3 is 1. The van der Waals surface area contributed by atoms with Gasteiger partial charge in [-0.25, -0.2) is 8.42 Å². The minimum Gasteiger partial charge on any atom is -0.385 e. The van der Waals surface area contributed by atoms with Crippen molar-refractivity contribution in [3.8, 4) is 0 Å². The van der Waals surface area contributed by atoms with E-state index in [1.165, 1.54) is 19.2 Å². The second-order valence-electron chi connectivity index (χ2n) is 3.95. The number of amides is 1. The normalized spacial score (nSPS) is 11.4. The molecule has 2 N–H and O–H groups in total. The lowest BCUT2D eigenvalue weighted by Gasteiger charge is -2.05. The Morgan fingerprint density at radius 3 is 2.39 bits per heavy atom. The maximum Gasteiger partial charge on any atom is 0.221 e. The third kappa shape index (κ3) is 4.46. The summed E-state index contributed by atoms with van der Waals surface area (Å²) in [6, 6.07) is 6.21. The summed E-state index contributed by atoms with van der Waals surface area (Å²) in [5.41, 5.74) is 5.77. The van der Waals surface area contributed by atoms with Crippen LogP contribution in [0.15, 0.2) is 29.2 Å². The minimum absolute atomic E-state index is 0.0516. The molecule has 0 bridgehead atoms. The second-order valence-corrected chi connectivity index (χ2v) is 6.06. The molecule has 0 aliphatic rings. The van der Waals surface area contributed by atoms with Crippen LogP contribution in [0.3, 0.4) is 0 Å². The van der Waals surface area contributed by atoms with Crippen molar-refractivity contribution in [2.75, 3.05) is 19.5 Å². The fourth-order valence-electron chi connectivity index (χ4n) is 1.53. The molecule has 0 unspecified atom stereocenters. The maximum absolute atomic E-state index is 11.9. The number of nitrogens with two attached hydrogens (primary N) is 1. The standard InChI is InChI=1S/C12H17NO4S/c1-17-7-2-8-18(15,16)11-5-3-10(4-6-11)9-12(13)14/h3-6H,2,7-9H2,1H3,(H2,13,14). The second kappa shape index (κ2) is 6.51. The van der Waals surface area contributed by atoms with Crippen LogP contribution in [0.2, 0.25) is 0 Å². The molecule has 0 saturated carbocycles. The number of primary amides is 1. The Balaban J connectivity index is 2.74. The highest BCUT2D eigenvalue weighted by atomic mass is 32.2. The molecule has 1 aromatic rings. The molecule has 0 radical (unpaired) electrons. The molecular formula is C12H17NO4S. The summed E-state index contributed by atoms with van der Waals surface area (Å²) in [6.45, 7) is 0.416. The van der Waals surface area contributed by atoms with Crippen LogP contribution in [-0.4, -0.2) is 33.8 Å². The first-order chi connectivity index (χ1) is 8.45. The largest absolute Gasteiger partial charge is 0.385 e. The highest BCUT2D eigenvalue weighted by Gasteiger charge is 2.13. The molecule has 5 nitrogen and oxygen atoms in total. The fraction of sp³-hybridized carbons (Fsp3) is 0.417. The van der Waals surface area contributed by atoms with Gasteiger partial charge in [0.25, 0.3) is 0 Å². The molecule has 18 heavy (non-hydrogen) atoms. The molecule has 100 valence electrons. The molecule has 0 aliphatic heterocycles. The molecule has 0 heterocycles. The quantitative estimate of drug-likeness (QED) is 0.733. The predicted molar refractivity (Wildman–Crippen MR) is 67.9 cm³/mol. The van der Waals surface area contributed by atoms with Crippen LogP contribution in [0.4, 0.5) is 0 Å². The minimum atomic E-state index is -3.27. The van der Waals surface area contributed by atoms with Crippen LogP contribution < -0.4 is 5.73 Å². The Labute approximate surface area is 107 Å². The fourth-order valence-corrected chi connectivity index (χ4v) is 2.81. The van der Waals surface area contributed by atoms with Gasteiger partial charge in [0.2, 0.25) is 5.91 Å². The van der Waals surface area contributed by atoms with Gasteiger partial charge >= 0.3 is 0 Å². The zero-order chi connectivity index (χ0) is 13.6. The van der Waals surface area contributed by atoms with E-state index in [9.17, 15) is 13.2 Å². The van der Waals surface area contributed by atoms with E-state index >= 15 is 0 Å². The number of sulfone groups is 1. The summed E-state index contributed by atoms with van der Waals surface area (Å²) in [7, 11) is -1.74. The van der Waals surface area contributed by atoms with Crippen LogP contribution in [-0.2, 0) is 25.8 Å². The lowest BCUT2D eigenvalue weighted by molar-refractivity contribution is -0.117. The van der Waals surface area contributed by atoms with Crippen molar-refractivity contribution in [3.63, 3.8) is 0 Å². The van der Waals surface area contributed by atoms with E-state index in [2.05, 4.69) is 0 Å². The van der Waals surface area contributed by atoms with Crippen LogP contribution >= 0.6 is 0 Å². The maximum atomic E-state index is 11.9. The van der Waals surface area contributed by atoms with Gasteiger partial charge in [-0.2, -0.15) is 0 Å². The average molecular weight is 271 g/mol. The van der Waals surface area contributed by atoms with E-state index in [1.54, 1.807) is 12.1 Å². The molecular weight excluding hydrogens is 254 g/mol. The summed E-state index contributed by atoms with van der Waals surface area (Å²) < 4.78 is 28.6. The monoisotopic (exact) mass is 271 g/mol. The number of rotatable bonds is 7. The number of hydrogen-bond donors (Lipinski definition) is 1. The van der Waals surface area contributed by atoms with Gasteiger partial charge in [0, 0.05) is 13.7 Å². The molecule has 0 fully saturated rings. The summed E-state index contributed by atoms with van der Waals surface area (Å²) in [4.78, 5) is 11.0. The number of ether oxygens (including phenoxy) is 1. The zero-order valence-corrected chi connectivity index (χ0v) is 11.1. The molecule has 0 aliphatic carbocycles. The molecule has 6 heteroatoms. The van der Waals surface area contributed by atoms with Crippen molar-refractivity contribution < 1.29 is 17.9 Å². The van der Waals surface area contributed by atoms with Crippen LogP contribution in [0.1, 0.15) is 12.0 Å². The van der Waals surface area contributed by atoms with Crippen molar-refractivity contribution >= 4 is 15.7 Å². The first kappa shape index (κ1) is 14.7. The van der Waals surface area contributed by atoms with Gasteiger partial charge in [-0.05, 0) is 24.1 Å². The summed E-state index contributed by atoms with van der Waals surface area (Å²) in [5, 5.41) is 0. The average Bonchev–Trinajstić information content (AvgIpc) is 2.29. The lowest BCUT2D eigenvalue weighted by atomic mass is 10.1. The third-order valence-electron chi connectivity index (χ3n) is 2.42. The van der Waals surface area contributed by atoms with E-state index in [0.717, 1.165) is 0 Å². The van der Waals surface area contributed by atoms with Crippen LogP contribution in [0.25, 0.3) is 0 Å². The number of hydrogen-bond acceptors (Lipinski definition) is 4. The molecule has 1 rings (SSSR count). The van der Waals surface area contributed by atoms with Crippen LogP contribution in [0, 0.1) is 0 Å². The van der Waals surface area contributed by atoms with E-state index in [-0.39, 0.29) is 17.1 Å². The molecule has 1 amide bonds. The molecule has 0 saturated heterocycles. The summed E-state index contributed by atoms with van der Waals surface area (Å²) in [6.07, 6.45) is 0.575. The Hall–Kier alpha value is -1.40. The van der Waals surface area contributed by atoms with Crippen molar-refractivity contribution in [2.45, 2.75) is 17.7 Å². The van der Waals surface area contributed by atoms with E-state index in [1.807, 2.05) is 0 Å². The topological polar surface area (TPSA) is 86.5 Å². The van der Waals surface area contributed by atoms with Crippen molar-refractivity contribution in [3.05, 3.63) is 29.8 Å². The van der Waals surface area contributed by atoms with Crippen LogP contribution in [0.5, 0.6) is 0 Å². The van der Waals surface area contributed by atoms with Gasteiger partial charge in [-0.3, -0.25) is 4.79 Å². The SMILES string of the molecule is COCCCS(=O)(=O)c1ccc(CC(N)=O)cc1. The van der Waals surface area contributed by atoms with Gasteiger partial charge < -0.3 is 10.5 Å². The van der Waals surface area contributed by atoms with E-state index in [4.69, 9.17) is 10.5 Å². The number of benzene rings is 1. The number of carbonyl (C=O) groups is 1. The van der Waals surface area contributed by atoms with Crippen molar-refractivity contribution in [1.29, 1.82) is 0 Å². The molecule has 0 aromatic heterocycles. The first-order valence-electron chi connectivity index (χ1n) is 5.54. The zero-order valence-electron chi connectivity index (χ0n) is 10.3. The van der Waals surface area contributed by atoms with Gasteiger partial charge in [-0.1, -0.05) is 12.1 Å². The Bertz CT molecular complexity index is 493. The third-order valence-corrected chi connectivity index (χ3v) is 4.24. The van der Waals surface area contributed by atoms with Gasteiger partial charge in [0.1, 0.15) is 0 Å². The van der Waals surface area contributed by atoms with Crippen molar-refractivity contribution in [2.24, 2.45) is 5.73 Å². The summed E-state index contributed by atoms with van der Waals surface area (Å²) in [5.74, 6) is -0.388. The van der Waals surface area contributed by atoms with Gasteiger partial charge in [-0.15, -0.1) is 0 Å². The summed E-state index contributed by atoms with van der Waals surface area (Å²) >= 11 is 0. The number of carbonyl (C=O) groups excluding carboxylic acids is 1. The predicted octanol–water partition coefficient (Wildman–Crippen LogP) is 0.525. The van der Waals surface area contributed by atoms with E-state index in [0.29, 0.717) is 18.6 Å². The molecule has 1 aromatic carbocycles. The highest BCUT2D eigenvalue weighted by molar-refractivity contribution is 7.91. The Kier molecular flexibility index (Phi) is 5.30. The smallest absolute Gasteiger partial charge is 0.221 e. The lowest BCUT2D eigenvalue weighted by Crippen LogP contribution is -2.14. The van der Waals surface area contributed by atoms with Gasteiger partial charge in [0.05, 0.1) is 17.1 Å². The van der Waals surface area contributed by atoms with Gasteiger partial charge in [0.15, 0.2) is 9.84 Å². The first-order valence-corrected chi connectivity index (χ1v) is 7.20. The molecule has 0 atom stereocenters.